The average Bonchev–Trinajstić information content (AvgIpc) is 3.01. The molecule has 1 aliphatic heterocycles. The summed E-state index contributed by atoms with van der Waals surface area (Å²) in [6.07, 6.45) is -2.89. The van der Waals surface area contributed by atoms with Crippen LogP contribution in [0.5, 0.6) is 0 Å². The minimum absolute atomic E-state index is 0.0433. The lowest BCUT2D eigenvalue weighted by Crippen LogP contribution is -2.45. The number of halogens is 4. The summed E-state index contributed by atoms with van der Waals surface area (Å²) in [5, 5.41) is 14.7. The van der Waals surface area contributed by atoms with Gasteiger partial charge in [-0.25, -0.2) is 4.79 Å². The molecule has 3 N–H and O–H groups in total. The summed E-state index contributed by atoms with van der Waals surface area (Å²) in [6.45, 7) is 1.93. The van der Waals surface area contributed by atoms with Crippen LogP contribution in [0, 0.1) is 0 Å². The minimum Gasteiger partial charge on any atom is -0.475 e. The molecule has 1 aromatic carbocycles. The third kappa shape index (κ3) is 5.68. The molecule has 142 valence electrons. The Kier molecular flexibility index (Phi) is 7.01. The first-order valence-electron chi connectivity index (χ1n) is 7.68. The Morgan fingerprint density at radius 1 is 1.35 bits per heavy atom. The number of hydrogen-bond donors (Lipinski definition) is 3. The summed E-state index contributed by atoms with van der Waals surface area (Å²) in [5.74, 6) is -2.71. The molecule has 3 rings (SSSR count). The van der Waals surface area contributed by atoms with E-state index in [-0.39, 0.29) is 11.9 Å². The first kappa shape index (κ1) is 20.7. The summed E-state index contributed by atoms with van der Waals surface area (Å²) in [7, 11) is 0. The van der Waals surface area contributed by atoms with Gasteiger partial charge in [0, 0.05) is 21.8 Å². The molecule has 1 aliphatic rings. The number of rotatable bonds is 2. The number of fused-ring (bicyclic) bond motifs is 1. The van der Waals surface area contributed by atoms with E-state index in [0.717, 1.165) is 45.4 Å². The van der Waals surface area contributed by atoms with Crippen molar-refractivity contribution in [1.82, 2.24) is 10.6 Å². The standard InChI is InChI=1S/C14H15BrN2OS.C2HF3O2/c15-11-5-1-3-9-7-12(19-13(9)11)14(18)17-10-4-2-6-16-8-10;3-2(4,5)1(6)7/h1,3,5,7,10,16H,2,4,6,8H2,(H,17,18);(H,6,7)/t10-;/m1./s1. The molecule has 1 atom stereocenters. The van der Waals surface area contributed by atoms with Crippen LogP contribution in [-0.4, -0.2) is 42.3 Å². The molecule has 2 heterocycles. The monoisotopic (exact) mass is 452 g/mol. The van der Waals surface area contributed by atoms with Crippen LogP contribution in [0.25, 0.3) is 10.1 Å². The maximum absolute atomic E-state index is 12.3. The highest BCUT2D eigenvalue weighted by molar-refractivity contribution is 9.10. The quantitative estimate of drug-likeness (QED) is 0.647. The zero-order chi connectivity index (χ0) is 19.3. The molecule has 10 heteroatoms. The van der Waals surface area contributed by atoms with E-state index in [9.17, 15) is 18.0 Å². The lowest BCUT2D eigenvalue weighted by molar-refractivity contribution is -0.192. The minimum atomic E-state index is -5.08. The molecule has 1 fully saturated rings. The smallest absolute Gasteiger partial charge is 0.475 e. The fraction of sp³-hybridized carbons (Fsp3) is 0.375. The van der Waals surface area contributed by atoms with Gasteiger partial charge in [-0.05, 0) is 52.8 Å². The molecule has 1 amide bonds. The number of hydrogen-bond acceptors (Lipinski definition) is 4. The average molecular weight is 453 g/mol. The van der Waals surface area contributed by atoms with Gasteiger partial charge in [-0.15, -0.1) is 11.3 Å². The Morgan fingerprint density at radius 2 is 2.04 bits per heavy atom. The molecular formula is C16H16BrF3N2O3S. The van der Waals surface area contributed by atoms with Crippen LogP contribution in [0.1, 0.15) is 22.5 Å². The summed E-state index contributed by atoms with van der Waals surface area (Å²) in [4.78, 5) is 21.9. The fourth-order valence-corrected chi connectivity index (χ4v) is 3.96. The molecule has 1 saturated heterocycles. The van der Waals surface area contributed by atoms with E-state index in [1.165, 1.54) is 0 Å². The Morgan fingerprint density at radius 3 is 2.58 bits per heavy atom. The van der Waals surface area contributed by atoms with E-state index in [1.807, 2.05) is 24.3 Å². The van der Waals surface area contributed by atoms with Gasteiger partial charge in [-0.3, -0.25) is 4.79 Å². The van der Waals surface area contributed by atoms with Gasteiger partial charge in [0.1, 0.15) is 0 Å². The first-order chi connectivity index (χ1) is 12.2. The maximum atomic E-state index is 12.3. The van der Waals surface area contributed by atoms with Gasteiger partial charge in [-0.2, -0.15) is 13.2 Å². The topological polar surface area (TPSA) is 78.4 Å². The van der Waals surface area contributed by atoms with Crippen molar-refractivity contribution in [3.8, 4) is 0 Å². The highest BCUT2D eigenvalue weighted by Gasteiger charge is 2.38. The predicted octanol–water partition coefficient (Wildman–Crippen LogP) is 3.78. The van der Waals surface area contributed by atoms with E-state index in [1.54, 1.807) is 11.3 Å². The van der Waals surface area contributed by atoms with Crippen molar-refractivity contribution in [1.29, 1.82) is 0 Å². The van der Waals surface area contributed by atoms with Crippen LogP contribution in [0.15, 0.2) is 28.7 Å². The molecule has 0 aliphatic carbocycles. The Labute approximate surface area is 159 Å². The second-order valence-electron chi connectivity index (χ2n) is 5.59. The largest absolute Gasteiger partial charge is 0.490 e. The van der Waals surface area contributed by atoms with Crippen molar-refractivity contribution < 1.29 is 27.9 Å². The molecule has 0 radical (unpaired) electrons. The normalized spacial score (nSPS) is 17.3. The van der Waals surface area contributed by atoms with Gasteiger partial charge < -0.3 is 15.7 Å². The van der Waals surface area contributed by atoms with Crippen LogP contribution < -0.4 is 10.6 Å². The summed E-state index contributed by atoms with van der Waals surface area (Å²) >= 11 is 5.07. The number of nitrogens with one attached hydrogen (secondary N) is 2. The Balaban J connectivity index is 0.000000298. The van der Waals surface area contributed by atoms with Crippen molar-refractivity contribution in [3.05, 3.63) is 33.6 Å². The second-order valence-corrected chi connectivity index (χ2v) is 7.50. The first-order valence-corrected chi connectivity index (χ1v) is 9.29. The number of thiophene rings is 1. The van der Waals surface area contributed by atoms with Crippen molar-refractivity contribution in [3.63, 3.8) is 0 Å². The van der Waals surface area contributed by atoms with Gasteiger partial charge in [0.2, 0.25) is 0 Å². The van der Waals surface area contributed by atoms with Crippen LogP contribution in [0.3, 0.4) is 0 Å². The molecule has 0 saturated carbocycles. The van der Waals surface area contributed by atoms with Crippen LogP contribution in [-0.2, 0) is 4.79 Å². The Bertz CT molecular complexity index is 789. The van der Waals surface area contributed by atoms with Crippen LogP contribution >= 0.6 is 27.3 Å². The lowest BCUT2D eigenvalue weighted by Gasteiger charge is -2.23. The third-order valence-corrected chi connectivity index (χ3v) is 5.70. The number of benzene rings is 1. The number of piperidine rings is 1. The van der Waals surface area contributed by atoms with Crippen molar-refractivity contribution in [2.24, 2.45) is 0 Å². The molecular weight excluding hydrogens is 437 g/mol. The molecule has 26 heavy (non-hydrogen) atoms. The van der Waals surface area contributed by atoms with E-state index in [0.29, 0.717) is 0 Å². The zero-order valence-electron chi connectivity index (χ0n) is 13.4. The lowest BCUT2D eigenvalue weighted by atomic mass is 10.1. The number of aliphatic carboxylic acids is 1. The zero-order valence-corrected chi connectivity index (χ0v) is 15.8. The Hall–Kier alpha value is -1.65. The fourth-order valence-electron chi connectivity index (χ4n) is 2.37. The van der Waals surface area contributed by atoms with E-state index in [2.05, 4.69) is 26.6 Å². The summed E-state index contributed by atoms with van der Waals surface area (Å²) in [6, 6.07) is 8.26. The molecule has 1 aromatic heterocycles. The SMILES string of the molecule is O=C(N[C@@H]1CCCNC1)c1cc2cccc(Br)c2s1.O=C(O)C(F)(F)F. The van der Waals surface area contributed by atoms with Crippen molar-refractivity contribution in [2.45, 2.75) is 25.1 Å². The predicted molar refractivity (Wildman–Crippen MR) is 96.6 cm³/mol. The van der Waals surface area contributed by atoms with Gasteiger partial charge >= 0.3 is 12.1 Å². The highest BCUT2D eigenvalue weighted by atomic mass is 79.9. The molecule has 5 nitrogen and oxygen atoms in total. The molecule has 0 spiro atoms. The van der Waals surface area contributed by atoms with Gasteiger partial charge in [0.25, 0.3) is 5.91 Å². The number of carbonyl (C=O) groups is 2. The summed E-state index contributed by atoms with van der Waals surface area (Å²) in [5.41, 5.74) is 0. The molecule has 0 unspecified atom stereocenters. The number of carbonyl (C=O) groups excluding carboxylic acids is 1. The van der Waals surface area contributed by atoms with Crippen molar-refractivity contribution in [2.75, 3.05) is 13.1 Å². The van der Waals surface area contributed by atoms with E-state index >= 15 is 0 Å². The molecule has 0 bridgehead atoms. The van der Waals surface area contributed by atoms with Crippen LogP contribution in [0.2, 0.25) is 0 Å². The van der Waals surface area contributed by atoms with Crippen molar-refractivity contribution >= 4 is 49.2 Å². The van der Waals surface area contributed by atoms with Gasteiger partial charge in [0.05, 0.1) is 4.88 Å². The number of carboxylic acid groups (broad SMARTS) is 1. The van der Waals surface area contributed by atoms with Crippen LogP contribution in [0.4, 0.5) is 13.2 Å². The molecule has 2 aromatic rings. The maximum Gasteiger partial charge on any atom is 0.490 e. The van der Waals surface area contributed by atoms with E-state index < -0.39 is 12.1 Å². The third-order valence-electron chi connectivity index (χ3n) is 3.59. The van der Waals surface area contributed by atoms with Gasteiger partial charge in [-0.1, -0.05) is 12.1 Å². The summed E-state index contributed by atoms with van der Waals surface area (Å²) < 4.78 is 33.9. The number of alkyl halides is 3. The highest BCUT2D eigenvalue weighted by Crippen LogP contribution is 2.31. The van der Waals surface area contributed by atoms with Gasteiger partial charge in [0.15, 0.2) is 0 Å². The second kappa shape index (κ2) is 8.83. The van der Waals surface area contributed by atoms with E-state index in [4.69, 9.17) is 9.90 Å². The number of amides is 1. The number of carboxylic acids is 1.